The smallest absolute Gasteiger partial charge is 0.310 e. The summed E-state index contributed by atoms with van der Waals surface area (Å²) in [6.45, 7) is 0.161. The Morgan fingerprint density at radius 3 is 2.59 bits per heavy atom. The molecule has 3 aliphatic rings. The van der Waals surface area contributed by atoms with Crippen LogP contribution in [0.15, 0.2) is 18.2 Å². The summed E-state index contributed by atoms with van der Waals surface area (Å²) in [5, 5.41) is 12.1. The van der Waals surface area contributed by atoms with Crippen molar-refractivity contribution in [1.29, 1.82) is 0 Å². The number of anilines is 1. The number of carboxylic acid groups (broad SMARTS) is 1. The van der Waals surface area contributed by atoms with Crippen LogP contribution in [0.5, 0.6) is 11.5 Å². The van der Waals surface area contributed by atoms with Gasteiger partial charge in [0.25, 0.3) is 0 Å². The van der Waals surface area contributed by atoms with Crippen molar-refractivity contribution in [1.82, 2.24) is 0 Å². The summed E-state index contributed by atoms with van der Waals surface area (Å²) in [5.41, 5.74) is 0.557. The molecule has 4 atom stereocenters. The average Bonchev–Trinajstić information content (AvgIpc) is 3.20. The zero-order chi connectivity index (χ0) is 15.3. The number of fused-ring (bicyclic) bond motifs is 3. The van der Waals surface area contributed by atoms with Crippen molar-refractivity contribution in [3.8, 4) is 11.5 Å². The van der Waals surface area contributed by atoms with Crippen LogP contribution in [0.2, 0.25) is 0 Å². The summed E-state index contributed by atoms with van der Waals surface area (Å²) >= 11 is 0. The molecule has 4 unspecified atom stereocenters. The minimum atomic E-state index is -0.974. The number of carbonyl (C=O) groups is 2. The van der Waals surface area contributed by atoms with Gasteiger partial charge in [-0.05, 0) is 25.0 Å². The molecule has 0 aromatic heterocycles. The van der Waals surface area contributed by atoms with Gasteiger partial charge >= 0.3 is 5.97 Å². The molecule has 2 N–H and O–H groups in total. The number of rotatable bonds is 3. The molecule has 116 valence electrons. The third-order valence-electron chi connectivity index (χ3n) is 4.50. The fourth-order valence-electron chi connectivity index (χ4n) is 3.52. The van der Waals surface area contributed by atoms with Crippen molar-refractivity contribution < 1.29 is 28.9 Å². The molecule has 1 amide bonds. The van der Waals surface area contributed by atoms with Gasteiger partial charge in [-0.1, -0.05) is 0 Å². The Balaban J connectivity index is 1.53. The first-order chi connectivity index (χ1) is 10.6. The van der Waals surface area contributed by atoms with Crippen LogP contribution < -0.4 is 14.8 Å². The Kier molecular flexibility index (Phi) is 2.97. The third-order valence-corrected chi connectivity index (χ3v) is 4.50. The first kappa shape index (κ1) is 13.4. The van der Waals surface area contributed by atoms with E-state index >= 15 is 0 Å². The van der Waals surface area contributed by atoms with Gasteiger partial charge in [-0.2, -0.15) is 0 Å². The topological polar surface area (TPSA) is 94.1 Å². The lowest BCUT2D eigenvalue weighted by Crippen LogP contribution is -2.40. The number of ether oxygens (including phenoxy) is 3. The maximum absolute atomic E-state index is 12.5. The zero-order valence-electron chi connectivity index (χ0n) is 11.7. The van der Waals surface area contributed by atoms with Crippen LogP contribution in [0.1, 0.15) is 12.8 Å². The number of hydrogen-bond acceptors (Lipinski definition) is 5. The van der Waals surface area contributed by atoms with E-state index in [-0.39, 0.29) is 24.9 Å². The van der Waals surface area contributed by atoms with E-state index in [1.807, 2.05) is 0 Å². The molecule has 22 heavy (non-hydrogen) atoms. The second kappa shape index (κ2) is 4.88. The van der Waals surface area contributed by atoms with Gasteiger partial charge in [-0.15, -0.1) is 0 Å². The largest absolute Gasteiger partial charge is 0.481 e. The molecular formula is C15H15NO6. The summed E-state index contributed by atoms with van der Waals surface area (Å²) in [6.07, 6.45) is 0.776. The average molecular weight is 305 g/mol. The van der Waals surface area contributed by atoms with Crippen molar-refractivity contribution in [3.63, 3.8) is 0 Å². The van der Waals surface area contributed by atoms with Crippen LogP contribution >= 0.6 is 0 Å². The van der Waals surface area contributed by atoms with E-state index in [4.69, 9.17) is 14.2 Å². The highest BCUT2D eigenvalue weighted by Gasteiger charge is 2.55. The van der Waals surface area contributed by atoms with E-state index in [1.54, 1.807) is 18.2 Å². The van der Waals surface area contributed by atoms with Crippen molar-refractivity contribution >= 4 is 17.6 Å². The third kappa shape index (κ3) is 2.00. The fraction of sp³-hybridized carbons (Fsp3) is 0.467. The molecule has 0 spiro atoms. The summed E-state index contributed by atoms with van der Waals surface area (Å²) in [4.78, 5) is 23.9. The van der Waals surface area contributed by atoms with Gasteiger partial charge in [0.2, 0.25) is 12.7 Å². The Labute approximate surface area is 126 Å². The lowest BCUT2D eigenvalue weighted by molar-refractivity contribution is -0.147. The van der Waals surface area contributed by atoms with Crippen LogP contribution in [0.3, 0.4) is 0 Å². The van der Waals surface area contributed by atoms with Crippen LogP contribution in [0.4, 0.5) is 5.69 Å². The summed E-state index contributed by atoms with van der Waals surface area (Å²) in [7, 11) is 0. The molecular weight excluding hydrogens is 290 g/mol. The minimum absolute atomic E-state index is 0.161. The monoisotopic (exact) mass is 305 g/mol. The van der Waals surface area contributed by atoms with Gasteiger partial charge in [-0.25, -0.2) is 0 Å². The van der Waals surface area contributed by atoms with Crippen molar-refractivity contribution in [3.05, 3.63) is 18.2 Å². The van der Waals surface area contributed by atoms with E-state index in [1.165, 1.54) is 0 Å². The van der Waals surface area contributed by atoms with Crippen molar-refractivity contribution in [2.24, 2.45) is 11.8 Å². The Bertz CT molecular complexity index is 645. The van der Waals surface area contributed by atoms with Gasteiger partial charge in [0.15, 0.2) is 11.5 Å². The van der Waals surface area contributed by atoms with E-state index in [0.717, 1.165) is 6.42 Å². The molecule has 1 aromatic carbocycles. The van der Waals surface area contributed by atoms with Crippen LogP contribution in [0, 0.1) is 11.8 Å². The van der Waals surface area contributed by atoms with Crippen molar-refractivity contribution in [2.75, 3.05) is 12.1 Å². The molecule has 0 aliphatic carbocycles. The number of hydrogen-bond donors (Lipinski definition) is 2. The number of nitrogens with one attached hydrogen (secondary N) is 1. The maximum Gasteiger partial charge on any atom is 0.310 e. The molecule has 0 radical (unpaired) electrons. The van der Waals surface area contributed by atoms with Crippen LogP contribution in [-0.2, 0) is 14.3 Å². The first-order valence-corrected chi connectivity index (χ1v) is 7.22. The molecule has 2 bridgehead atoms. The van der Waals surface area contributed by atoms with Gasteiger partial charge in [-0.3, -0.25) is 9.59 Å². The molecule has 0 saturated carbocycles. The SMILES string of the molecule is O=C(O)C1C2CCC(O2)C1C(=O)Nc1ccc2c(c1)OCO2. The lowest BCUT2D eigenvalue weighted by Gasteiger charge is -2.23. The van der Waals surface area contributed by atoms with Crippen molar-refractivity contribution in [2.45, 2.75) is 25.0 Å². The normalized spacial score (nSPS) is 31.3. The number of amides is 1. The second-order valence-corrected chi connectivity index (χ2v) is 5.74. The Morgan fingerprint density at radius 1 is 1.09 bits per heavy atom. The van der Waals surface area contributed by atoms with E-state index in [9.17, 15) is 14.7 Å². The summed E-state index contributed by atoms with van der Waals surface area (Å²) in [5.74, 6) is -1.52. The fourth-order valence-corrected chi connectivity index (χ4v) is 3.52. The Hall–Kier alpha value is -2.28. The van der Waals surface area contributed by atoms with E-state index in [0.29, 0.717) is 23.6 Å². The van der Waals surface area contributed by atoms with Gasteiger partial charge < -0.3 is 24.6 Å². The maximum atomic E-state index is 12.5. The lowest BCUT2D eigenvalue weighted by atomic mass is 9.78. The summed E-state index contributed by atoms with van der Waals surface area (Å²) < 4.78 is 16.1. The first-order valence-electron chi connectivity index (χ1n) is 7.22. The molecule has 2 fully saturated rings. The Morgan fingerprint density at radius 2 is 1.82 bits per heavy atom. The molecule has 7 nitrogen and oxygen atoms in total. The van der Waals surface area contributed by atoms with E-state index < -0.39 is 17.8 Å². The number of benzene rings is 1. The van der Waals surface area contributed by atoms with Gasteiger partial charge in [0.1, 0.15) is 0 Å². The predicted octanol–water partition coefficient (Wildman–Crippen LogP) is 1.23. The zero-order valence-corrected chi connectivity index (χ0v) is 11.7. The van der Waals surface area contributed by atoms with Crippen LogP contribution in [-0.4, -0.2) is 36.0 Å². The molecule has 3 aliphatic heterocycles. The molecule has 2 saturated heterocycles. The highest BCUT2D eigenvalue weighted by Crippen LogP contribution is 2.44. The minimum Gasteiger partial charge on any atom is -0.481 e. The number of carbonyl (C=O) groups excluding carboxylic acids is 1. The molecule has 7 heteroatoms. The van der Waals surface area contributed by atoms with Gasteiger partial charge in [0, 0.05) is 11.8 Å². The number of carboxylic acids is 1. The molecule has 4 rings (SSSR count). The predicted molar refractivity (Wildman–Crippen MR) is 73.7 cm³/mol. The standard InChI is InChI=1S/C15H15NO6/c17-14(12-9-3-4-10(22-9)13(12)15(18)19)16-7-1-2-8-11(5-7)21-6-20-8/h1-2,5,9-10,12-13H,3-4,6H2,(H,16,17)(H,18,19). The molecule has 3 heterocycles. The van der Waals surface area contributed by atoms with E-state index in [2.05, 4.69) is 5.32 Å². The van der Waals surface area contributed by atoms with Crippen LogP contribution in [0.25, 0.3) is 0 Å². The molecule has 1 aromatic rings. The van der Waals surface area contributed by atoms with Gasteiger partial charge in [0.05, 0.1) is 24.0 Å². The number of aliphatic carboxylic acids is 1. The highest BCUT2D eigenvalue weighted by atomic mass is 16.7. The quantitative estimate of drug-likeness (QED) is 0.872. The highest BCUT2D eigenvalue weighted by molar-refractivity contribution is 5.96. The second-order valence-electron chi connectivity index (χ2n) is 5.74. The summed E-state index contributed by atoms with van der Waals surface area (Å²) in [6, 6.07) is 5.09.